The number of hydrogen-bond donors (Lipinski definition) is 0. The van der Waals surface area contributed by atoms with Crippen LogP contribution in [0.1, 0.15) is 5.56 Å². The number of thiophene rings is 1. The summed E-state index contributed by atoms with van der Waals surface area (Å²) in [6.45, 7) is 0. The van der Waals surface area contributed by atoms with E-state index in [0.29, 0.717) is 10.3 Å². The zero-order chi connectivity index (χ0) is 10.1. The van der Waals surface area contributed by atoms with Gasteiger partial charge in [0.2, 0.25) is 0 Å². The SMILES string of the molecule is CSc1ccc(F)c2scc(C#N)c12. The molecule has 1 aromatic heterocycles. The average molecular weight is 223 g/mol. The molecule has 70 valence electrons. The average Bonchev–Trinajstić information content (AvgIpc) is 2.63. The van der Waals surface area contributed by atoms with Gasteiger partial charge in [-0.05, 0) is 18.4 Å². The molecule has 0 saturated heterocycles. The Morgan fingerprint density at radius 2 is 2.29 bits per heavy atom. The molecule has 0 spiro atoms. The van der Waals surface area contributed by atoms with Crippen LogP contribution in [0.15, 0.2) is 22.4 Å². The fourth-order valence-electron chi connectivity index (χ4n) is 1.34. The third-order valence-electron chi connectivity index (χ3n) is 1.98. The summed E-state index contributed by atoms with van der Waals surface area (Å²) in [6, 6.07) is 5.25. The maximum atomic E-state index is 13.3. The molecule has 2 rings (SSSR count). The van der Waals surface area contributed by atoms with Crippen molar-refractivity contribution in [3.05, 3.63) is 28.9 Å². The van der Waals surface area contributed by atoms with Crippen molar-refractivity contribution >= 4 is 33.2 Å². The number of fused-ring (bicyclic) bond motifs is 1. The lowest BCUT2D eigenvalue weighted by Crippen LogP contribution is -1.79. The van der Waals surface area contributed by atoms with Crippen molar-refractivity contribution in [1.82, 2.24) is 0 Å². The molecule has 0 atom stereocenters. The molecule has 0 fully saturated rings. The molecular formula is C10H6FNS2. The van der Waals surface area contributed by atoms with Crippen LogP contribution in [0, 0.1) is 17.1 Å². The van der Waals surface area contributed by atoms with Crippen LogP contribution in [-0.4, -0.2) is 6.26 Å². The van der Waals surface area contributed by atoms with E-state index >= 15 is 0 Å². The highest BCUT2D eigenvalue weighted by Gasteiger charge is 2.11. The topological polar surface area (TPSA) is 23.8 Å². The van der Waals surface area contributed by atoms with Crippen LogP contribution in [0.3, 0.4) is 0 Å². The highest BCUT2D eigenvalue weighted by Crippen LogP contribution is 2.34. The number of rotatable bonds is 1. The summed E-state index contributed by atoms with van der Waals surface area (Å²) in [6.07, 6.45) is 1.92. The minimum atomic E-state index is -0.246. The summed E-state index contributed by atoms with van der Waals surface area (Å²) in [5.74, 6) is -0.246. The van der Waals surface area contributed by atoms with E-state index in [9.17, 15) is 4.39 Å². The van der Waals surface area contributed by atoms with Crippen LogP contribution in [0.4, 0.5) is 4.39 Å². The van der Waals surface area contributed by atoms with Gasteiger partial charge in [-0.25, -0.2) is 4.39 Å². The molecule has 0 amide bonds. The van der Waals surface area contributed by atoms with E-state index in [0.717, 1.165) is 10.3 Å². The third kappa shape index (κ3) is 1.29. The minimum Gasteiger partial charge on any atom is -0.205 e. The number of benzene rings is 1. The Kier molecular flexibility index (Phi) is 2.44. The standard InChI is InChI=1S/C10H6FNS2/c1-13-8-3-2-7(11)10-9(8)6(4-12)5-14-10/h2-3,5H,1H3. The summed E-state index contributed by atoms with van der Waals surface area (Å²) in [5.41, 5.74) is 0.564. The smallest absolute Gasteiger partial charge is 0.141 e. The third-order valence-corrected chi connectivity index (χ3v) is 3.74. The first-order valence-electron chi connectivity index (χ1n) is 3.91. The van der Waals surface area contributed by atoms with E-state index in [-0.39, 0.29) is 5.82 Å². The van der Waals surface area contributed by atoms with Crippen molar-refractivity contribution in [2.45, 2.75) is 4.90 Å². The summed E-state index contributed by atoms with van der Waals surface area (Å²) >= 11 is 2.81. The Balaban J connectivity index is 2.90. The van der Waals surface area contributed by atoms with Crippen LogP contribution in [0.5, 0.6) is 0 Å². The maximum Gasteiger partial charge on any atom is 0.141 e. The molecule has 0 N–H and O–H groups in total. The predicted molar refractivity (Wildman–Crippen MR) is 58.3 cm³/mol. The lowest BCUT2D eigenvalue weighted by Gasteiger charge is -1.99. The van der Waals surface area contributed by atoms with Gasteiger partial charge >= 0.3 is 0 Å². The Hall–Kier alpha value is -1.05. The molecule has 1 heterocycles. The normalized spacial score (nSPS) is 10.4. The van der Waals surface area contributed by atoms with Gasteiger partial charge in [0.1, 0.15) is 11.9 Å². The van der Waals surface area contributed by atoms with Gasteiger partial charge in [0.25, 0.3) is 0 Å². The quantitative estimate of drug-likeness (QED) is 0.689. The van der Waals surface area contributed by atoms with Crippen LogP contribution < -0.4 is 0 Å². The molecule has 0 saturated carbocycles. The molecule has 0 aliphatic rings. The number of nitriles is 1. The lowest BCUT2D eigenvalue weighted by atomic mass is 10.2. The largest absolute Gasteiger partial charge is 0.205 e. The Morgan fingerprint density at radius 1 is 1.50 bits per heavy atom. The highest BCUT2D eigenvalue weighted by molar-refractivity contribution is 7.98. The van der Waals surface area contributed by atoms with Gasteiger partial charge in [0.15, 0.2) is 0 Å². The van der Waals surface area contributed by atoms with E-state index in [2.05, 4.69) is 6.07 Å². The van der Waals surface area contributed by atoms with Crippen LogP contribution >= 0.6 is 23.1 Å². The number of nitrogens with zero attached hydrogens (tertiary/aromatic N) is 1. The van der Waals surface area contributed by atoms with Gasteiger partial charge in [0.05, 0.1) is 10.3 Å². The monoisotopic (exact) mass is 223 g/mol. The first kappa shape index (κ1) is 9.50. The van der Waals surface area contributed by atoms with Gasteiger partial charge in [-0.15, -0.1) is 23.1 Å². The number of thioether (sulfide) groups is 1. The molecule has 0 aliphatic carbocycles. The van der Waals surface area contributed by atoms with Crippen LogP contribution in [0.2, 0.25) is 0 Å². The lowest BCUT2D eigenvalue weighted by molar-refractivity contribution is 0.641. The molecule has 1 nitrogen and oxygen atoms in total. The maximum absolute atomic E-state index is 13.3. The second-order valence-electron chi connectivity index (χ2n) is 2.71. The number of halogens is 1. The summed E-state index contributed by atoms with van der Waals surface area (Å²) < 4.78 is 13.9. The minimum absolute atomic E-state index is 0.246. The van der Waals surface area contributed by atoms with Crippen molar-refractivity contribution in [1.29, 1.82) is 5.26 Å². The molecule has 2 aromatic rings. The second kappa shape index (κ2) is 3.60. The first-order chi connectivity index (χ1) is 6.77. The molecule has 0 aliphatic heterocycles. The van der Waals surface area contributed by atoms with Crippen molar-refractivity contribution in [3.8, 4) is 6.07 Å². The van der Waals surface area contributed by atoms with Gasteiger partial charge in [-0.1, -0.05) is 0 Å². The van der Waals surface area contributed by atoms with E-state index in [4.69, 9.17) is 5.26 Å². The Labute approximate surface area is 89.2 Å². The van der Waals surface area contributed by atoms with E-state index in [1.54, 1.807) is 11.4 Å². The van der Waals surface area contributed by atoms with Crippen LogP contribution in [0.25, 0.3) is 10.1 Å². The molecule has 4 heteroatoms. The summed E-state index contributed by atoms with van der Waals surface area (Å²) in [7, 11) is 0. The van der Waals surface area contributed by atoms with E-state index in [1.807, 2.05) is 6.26 Å². The fraction of sp³-hybridized carbons (Fsp3) is 0.100. The van der Waals surface area contributed by atoms with Crippen molar-refractivity contribution < 1.29 is 4.39 Å². The predicted octanol–water partition coefficient (Wildman–Crippen LogP) is 3.63. The zero-order valence-corrected chi connectivity index (χ0v) is 9.01. The van der Waals surface area contributed by atoms with Crippen molar-refractivity contribution in [3.63, 3.8) is 0 Å². The van der Waals surface area contributed by atoms with Crippen molar-refractivity contribution in [2.75, 3.05) is 6.26 Å². The summed E-state index contributed by atoms with van der Waals surface area (Å²) in [5, 5.41) is 11.3. The molecule has 0 radical (unpaired) electrons. The molecular weight excluding hydrogens is 217 g/mol. The van der Waals surface area contributed by atoms with Gasteiger partial charge < -0.3 is 0 Å². The summed E-state index contributed by atoms with van der Waals surface area (Å²) in [4.78, 5) is 0.958. The van der Waals surface area contributed by atoms with Gasteiger partial charge in [-0.2, -0.15) is 5.26 Å². The zero-order valence-electron chi connectivity index (χ0n) is 7.37. The second-order valence-corrected chi connectivity index (χ2v) is 4.44. The molecule has 0 bridgehead atoms. The highest BCUT2D eigenvalue weighted by atomic mass is 32.2. The van der Waals surface area contributed by atoms with Gasteiger partial charge in [0, 0.05) is 15.7 Å². The van der Waals surface area contributed by atoms with Crippen LogP contribution in [-0.2, 0) is 0 Å². The molecule has 14 heavy (non-hydrogen) atoms. The Bertz CT molecular complexity index is 525. The first-order valence-corrected chi connectivity index (χ1v) is 6.02. The molecule has 1 aromatic carbocycles. The molecule has 0 unspecified atom stereocenters. The van der Waals surface area contributed by atoms with Gasteiger partial charge in [-0.3, -0.25) is 0 Å². The fourth-order valence-corrected chi connectivity index (χ4v) is 2.95. The number of hydrogen-bond acceptors (Lipinski definition) is 3. The Morgan fingerprint density at radius 3 is 2.93 bits per heavy atom. The van der Waals surface area contributed by atoms with Crippen molar-refractivity contribution in [2.24, 2.45) is 0 Å². The van der Waals surface area contributed by atoms with E-state index < -0.39 is 0 Å². The van der Waals surface area contributed by atoms with E-state index in [1.165, 1.54) is 29.2 Å².